The number of aryl methyl sites for hydroxylation is 2. The van der Waals surface area contributed by atoms with E-state index < -0.39 is 11.2 Å². The van der Waals surface area contributed by atoms with Gasteiger partial charge in [0.2, 0.25) is 5.91 Å². The van der Waals surface area contributed by atoms with Gasteiger partial charge >= 0.3 is 5.69 Å². The zero-order valence-electron chi connectivity index (χ0n) is 15.9. The number of ketones is 1. The van der Waals surface area contributed by atoms with E-state index in [1.165, 1.54) is 24.9 Å². The maximum Gasteiger partial charge on any atom is 0.332 e. The summed E-state index contributed by atoms with van der Waals surface area (Å²) in [5.74, 6) is -0.347. The van der Waals surface area contributed by atoms with Crippen LogP contribution in [0.3, 0.4) is 0 Å². The van der Waals surface area contributed by atoms with Crippen LogP contribution in [0.15, 0.2) is 40.2 Å². The van der Waals surface area contributed by atoms with Crippen LogP contribution in [-0.2, 0) is 25.4 Å². The summed E-state index contributed by atoms with van der Waals surface area (Å²) in [6, 6.07) is 6.84. The number of imidazole rings is 1. The van der Waals surface area contributed by atoms with E-state index in [4.69, 9.17) is 0 Å². The van der Waals surface area contributed by atoms with Crippen LogP contribution in [0.2, 0.25) is 0 Å². The van der Waals surface area contributed by atoms with Gasteiger partial charge in [0.15, 0.2) is 16.9 Å². The quantitative estimate of drug-likeness (QED) is 0.640. The molecule has 28 heavy (non-hydrogen) atoms. The summed E-state index contributed by atoms with van der Waals surface area (Å²) in [5.41, 5.74) is 0.722. The van der Waals surface area contributed by atoms with Crippen molar-refractivity contribution in [2.24, 2.45) is 14.1 Å². The highest BCUT2D eigenvalue weighted by atomic mass is 16.2. The number of benzene rings is 1. The average Bonchev–Trinajstić information content (AvgIpc) is 3.09. The normalized spacial score (nSPS) is 11.0. The summed E-state index contributed by atoms with van der Waals surface area (Å²) in [5, 5.41) is 2.75. The topological polar surface area (TPSA) is 108 Å². The van der Waals surface area contributed by atoms with E-state index in [1.54, 1.807) is 35.9 Å². The Balaban J connectivity index is 1.71. The van der Waals surface area contributed by atoms with E-state index >= 15 is 0 Å². The maximum absolute atomic E-state index is 12.4. The number of rotatable bonds is 6. The monoisotopic (exact) mass is 383 g/mol. The van der Waals surface area contributed by atoms with Gasteiger partial charge in [-0.2, -0.15) is 0 Å². The molecule has 9 nitrogen and oxygen atoms in total. The molecule has 2 heterocycles. The number of Topliss-reactive ketones (excluding diaryl/α,β-unsaturated/α-hetero) is 1. The standard InChI is InChI=1S/C19H21N5O4/c1-12(25)13-7-4-5-8-14(13)21-15(26)9-6-10-24-11-20-17-16(24)18(27)23(3)19(28)22(17)2/h4-5,7-8,11H,6,9-10H2,1-3H3,(H,21,26). The van der Waals surface area contributed by atoms with Crippen LogP contribution in [0, 0.1) is 0 Å². The summed E-state index contributed by atoms with van der Waals surface area (Å²) in [4.78, 5) is 52.4. The van der Waals surface area contributed by atoms with Crippen molar-refractivity contribution >= 4 is 28.5 Å². The Kier molecular flexibility index (Phi) is 5.25. The van der Waals surface area contributed by atoms with Crippen LogP contribution in [-0.4, -0.2) is 30.4 Å². The molecule has 1 amide bonds. The fourth-order valence-corrected chi connectivity index (χ4v) is 3.09. The van der Waals surface area contributed by atoms with Crippen molar-refractivity contribution in [2.45, 2.75) is 26.3 Å². The lowest BCUT2D eigenvalue weighted by Gasteiger charge is -2.09. The van der Waals surface area contributed by atoms with Gasteiger partial charge in [0, 0.05) is 32.6 Å². The van der Waals surface area contributed by atoms with E-state index in [9.17, 15) is 19.2 Å². The third-order valence-electron chi connectivity index (χ3n) is 4.60. The summed E-state index contributed by atoms with van der Waals surface area (Å²) >= 11 is 0. The van der Waals surface area contributed by atoms with Gasteiger partial charge < -0.3 is 9.88 Å². The lowest BCUT2D eigenvalue weighted by Crippen LogP contribution is -2.37. The van der Waals surface area contributed by atoms with E-state index in [0.717, 1.165) is 4.57 Å². The lowest BCUT2D eigenvalue weighted by atomic mass is 10.1. The molecule has 0 saturated carbocycles. The predicted octanol–water partition coefficient (Wildman–Crippen LogP) is 1.06. The first-order valence-electron chi connectivity index (χ1n) is 8.82. The van der Waals surface area contributed by atoms with E-state index in [1.807, 2.05) is 0 Å². The Morgan fingerprint density at radius 1 is 1.11 bits per heavy atom. The highest BCUT2D eigenvalue weighted by molar-refractivity contribution is 6.03. The highest BCUT2D eigenvalue weighted by Gasteiger charge is 2.15. The number of carbonyl (C=O) groups is 2. The molecule has 1 N–H and O–H groups in total. The van der Waals surface area contributed by atoms with Gasteiger partial charge in [-0.25, -0.2) is 9.78 Å². The summed E-state index contributed by atoms with van der Waals surface area (Å²) in [6.45, 7) is 1.84. The van der Waals surface area contributed by atoms with E-state index in [2.05, 4.69) is 10.3 Å². The zero-order valence-corrected chi connectivity index (χ0v) is 15.9. The van der Waals surface area contributed by atoms with Crippen molar-refractivity contribution in [3.05, 3.63) is 57.0 Å². The molecule has 146 valence electrons. The molecular weight excluding hydrogens is 362 g/mol. The largest absolute Gasteiger partial charge is 0.332 e. The number of anilines is 1. The highest BCUT2D eigenvalue weighted by Crippen LogP contribution is 2.16. The molecule has 2 aromatic heterocycles. The number of aromatic nitrogens is 4. The number of para-hydroxylation sites is 1. The van der Waals surface area contributed by atoms with Crippen LogP contribution in [0.25, 0.3) is 11.2 Å². The second-order valence-corrected chi connectivity index (χ2v) is 6.57. The predicted molar refractivity (Wildman–Crippen MR) is 105 cm³/mol. The molecule has 3 rings (SSSR count). The van der Waals surface area contributed by atoms with Crippen molar-refractivity contribution in [3.8, 4) is 0 Å². The number of nitrogens with one attached hydrogen (secondary N) is 1. The zero-order chi connectivity index (χ0) is 20.4. The van der Waals surface area contributed by atoms with Crippen LogP contribution < -0.4 is 16.6 Å². The number of amides is 1. The molecule has 0 aliphatic carbocycles. The third-order valence-corrected chi connectivity index (χ3v) is 4.60. The average molecular weight is 383 g/mol. The van der Waals surface area contributed by atoms with Gasteiger partial charge in [-0.15, -0.1) is 0 Å². The fourth-order valence-electron chi connectivity index (χ4n) is 3.09. The third kappa shape index (κ3) is 3.51. The van der Waals surface area contributed by atoms with Crippen LogP contribution in [0.5, 0.6) is 0 Å². The second kappa shape index (κ2) is 7.63. The van der Waals surface area contributed by atoms with Crippen molar-refractivity contribution in [1.82, 2.24) is 18.7 Å². The van der Waals surface area contributed by atoms with E-state index in [0.29, 0.717) is 35.4 Å². The molecule has 1 aromatic carbocycles. The molecule has 0 fully saturated rings. The van der Waals surface area contributed by atoms with Crippen molar-refractivity contribution < 1.29 is 9.59 Å². The molecule has 0 saturated heterocycles. The number of nitrogens with zero attached hydrogens (tertiary/aromatic N) is 4. The second-order valence-electron chi connectivity index (χ2n) is 6.57. The van der Waals surface area contributed by atoms with Crippen molar-refractivity contribution in [3.63, 3.8) is 0 Å². The molecule has 0 radical (unpaired) electrons. The minimum absolute atomic E-state index is 0.123. The fraction of sp³-hybridized carbons (Fsp3) is 0.316. The van der Waals surface area contributed by atoms with Gasteiger partial charge in [0.05, 0.1) is 12.0 Å². The number of hydrogen-bond acceptors (Lipinski definition) is 5. The van der Waals surface area contributed by atoms with Gasteiger partial charge in [-0.3, -0.25) is 23.5 Å². The van der Waals surface area contributed by atoms with Gasteiger partial charge in [-0.05, 0) is 25.5 Å². The molecule has 0 bridgehead atoms. The molecule has 0 aliphatic rings. The minimum atomic E-state index is -0.439. The lowest BCUT2D eigenvalue weighted by molar-refractivity contribution is -0.116. The summed E-state index contributed by atoms with van der Waals surface area (Å²) in [7, 11) is 2.97. The Morgan fingerprint density at radius 3 is 2.54 bits per heavy atom. The van der Waals surface area contributed by atoms with Gasteiger partial charge in [0.1, 0.15) is 0 Å². The number of fused-ring (bicyclic) bond motifs is 1. The first-order valence-corrected chi connectivity index (χ1v) is 8.82. The Labute approximate surface area is 160 Å². The number of carbonyl (C=O) groups excluding carboxylic acids is 2. The molecular formula is C19H21N5O4. The van der Waals surface area contributed by atoms with Crippen molar-refractivity contribution in [1.29, 1.82) is 0 Å². The van der Waals surface area contributed by atoms with Crippen LogP contribution in [0.4, 0.5) is 5.69 Å². The summed E-state index contributed by atoms with van der Waals surface area (Å²) in [6.07, 6.45) is 2.16. The first kappa shape index (κ1) is 19.3. The molecule has 9 heteroatoms. The molecule has 0 spiro atoms. The summed E-state index contributed by atoms with van der Waals surface area (Å²) < 4.78 is 4.00. The Hall–Kier alpha value is -3.49. The molecule has 0 atom stereocenters. The van der Waals surface area contributed by atoms with Gasteiger partial charge in [-0.1, -0.05) is 12.1 Å². The molecule has 0 aliphatic heterocycles. The van der Waals surface area contributed by atoms with Crippen molar-refractivity contribution in [2.75, 3.05) is 5.32 Å². The number of hydrogen-bond donors (Lipinski definition) is 1. The van der Waals surface area contributed by atoms with Gasteiger partial charge in [0.25, 0.3) is 5.56 Å². The Bertz CT molecular complexity index is 1190. The van der Waals surface area contributed by atoms with Crippen LogP contribution in [0.1, 0.15) is 30.1 Å². The maximum atomic E-state index is 12.4. The van der Waals surface area contributed by atoms with Crippen LogP contribution >= 0.6 is 0 Å². The van der Waals surface area contributed by atoms with E-state index in [-0.39, 0.29) is 18.1 Å². The first-order chi connectivity index (χ1) is 13.3. The SMILES string of the molecule is CC(=O)c1ccccc1NC(=O)CCCn1cnc2c1c(=O)n(C)c(=O)n2C. The molecule has 0 unspecified atom stereocenters. The Morgan fingerprint density at radius 2 is 1.82 bits per heavy atom. The minimum Gasteiger partial charge on any atom is -0.325 e. The molecule has 3 aromatic rings. The smallest absolute Gasteiger partial charge is 0.325 e.